The lowest BCUT2D eigenvalue weighted by Gasteiger charge is -2.20. The summed E-state index contributed by atoms with van der Waals surface area (Å²) in [5.41, 5.74) is 5.63. The van der Waals surface area contributed by atoms with Crippen LogP contribution in [0.15, 0.2) is 78.9 Å². The molecule has 0 radical (unpaired) electrons. The molecule has 0 spiro atoms. The molecule has 164 valence electrons. The van der Waals surface area contributed by atoms with E-state index in [1.54, 1.807) is 12.1 Å². The van der Waals surface area contributed by atoms with Crippen LogP contribution >= 0.6 is 0 Å². The molecule has 0 aromatic heterocycles. The van der Waals surface area contributed by atoms with Crippen LogP contribution in [0.1, 0.15) is 23.1 Å². The summed E-state index contributed by atoms with van der Waals surface area (Å²) in [4.78, 5) is 12.4. The van der Waals surface area contributed by atoms with Crippen molar-refractivity contribution >= 4 is 11.5 Å². The zero-order valence-electron chi connectivity index (χ0n) is 17.7. The standard InChI is InChI=1S/C27H25FO4/c28-24-10-8-20(9-11-24)22-6-7-23(25(16-22)21-12-14-31-15-13-21)17-26(29)27(30)32-18-19-4-2-1-3-5-19/h1-12,16,26,29H,13-15,17-18H2/t26-/m1/s1. The highest BCUT2D eigenvalue weighted by Gasteiger charge is 2.21. The van der Waals surface area contributed by atoms with E-state index in [0.717, 1.165) is 39.8 Å². The zero-order chi connectivity index (χ0) is 22.3. The van der Waals surface area contributed by atoms with E-state index in [2.05, 4.69) is 0 Å². The van der Waals surface area contributed by atoms with Crippen molar-refractivity contribution in [1.82, 2.24) is 0 Å². The number of rotatable bonds is 7. The van der Waals surface area contributed by atoms with Gasteiger partial charge in [0.25, 0.3) is 0 Å². The number of carbonyl (C=O) groups excluding carboxylic acids is 1. The summed E-state index contributed by atoms with van der Waals surface area (Å²) in [6, 6.07) is 21.6. The van der Waals surface area contributed by atoms with Gasteiger partial charge >= 0.3 is 5.97 Å². The molecule has 1 aliphatic heterocycles. The van der Waals surface area contributed by atoms with E-state index in [1.165, 1.54) is 12.1 Å². The van der Waals surface area contributed by atoms with E-state index >= 15 is 0 Å². The van der Waals surface area contributed by atoms with Crippen LogP contribution in [-0.4, -0.2) is 30.4 Å². The van der Waals surface area contributed by atoms with E-state index in [1.807, 2.05) is 54.6 Å². The Balaban J connectivity index is 1.54. The Bertz CT molecular complexity index is 1090. The van der Waals surface area contributed by atoms with Gasteiger partial charge in [0.2, 0.25) is 0 Å². The predicted octanol–water partition coefficient (Wildman–Crippen LogP) is 4.94. The minimum atomic E-state index is -1.27. The van der Waals surface area contributed by atoms with Crippen molar-refractivity contribution in [2.75, 3.05) is 13.2 Å². The van der Waals surface area contributed by atoms with Crippen molar-refractivity contribution in [3.63, 3.8) is 0 Å². The quantitative estimate of drug-likeness (QED) is 0.537. The minimum Gasteiger partial charge on any atom is -0.459 e. The van der Waals surface area contributed by atoms with E-state index in [4.69, 9.17) is 9.47 Å². The van der Waals surface area contributed by atoms with Gasteiger partial charge in [-0.15, -0.1) is 0 Å². The van der Waals surface area contributed by atoms with Crippen molar-refractivity contribution in [2.45, 2.75) is 25.6 Å². The first kappa shape index (κ1) is 21.9. The van der Waals surface area contributed by atoms with E-state index in [-0.39, 0.29) is 18.8 Å². The second kappa shape index (κ2) is 10.4. The van der Waals surface area contributed by atoms with Gasteiger partial charge in [-0.2, -0.15) is 0 Å². The van der Waals surface area contributed by atoms with Gasteiger partial charge in [-0.25, -0.2) is 9.18 Å². The first-order chi connectivity index (χ1) is 15.6. The highest BCUT2D eigenvalue weighted by atomic mass is 19.1. The van der Waals surface area contributed by atoms with Gasteiger partial charge in [0.15, 0.2) is 6.10 Å². The third-order valence-corrected chi connectivity index (χ3v) is 5.51. The van der Waals surface area contributed by atoms with Gasteiger partial charge in [0.1, 0.15) is 12.4 Å². The topological polar surface area (TPSA) is 55.8 Å². The van der Waals surface area contributed by atoms with E-state index in [0.29, 0.717) is 13.2 Å². The molecule has 0 amide bonds. The summed E-state index contributed by atoms with van der Waals surface area (Å²) in [5, 5.41) is 10.5. The van der Waals surface area contributed by atoms with Crippen LogP contribution in [0.3, 0.4) is 0 Å². The summed E-state index contributed by atoms with van der Waals surface area (Å²) in [6.07, 6.45) is 1.64. The Morgan fingerprint density at radius 3 is 2.50 bits per heavy atom. The lowest BCUT2D eigenvalue weighted by Crippen LogP contribution is -2.25. The molecule has 4 rings (SSSR count). The number of carbonyl (C=O) groups is 1. The molecule has 3 aromatic carbocycles. The van der Waals surface area contributed by atoms with Crippen LogP contribution in [0.25, 0.3) is 16.7 Å². The van der Waals surface area contributed by atoms with Crippen LogP contribution in [0.5, 0.6) is 0 Å². The molecule has 3 aromatic rings. The van der Waals surface area contributed by atoms with Crippen LogP contribution in [0.2, 0.25) is 0 Å². The van der Waals surface area contributed by atoms with E-state index < -0.39 is 12.1 Å². The number of aliphatic hydroxyl groups excluding tert-OH is 1. The van der Waals surface area contributed by atoms with Crippen molar-refractivity contribution in [3.8, 4) is 11.1 Å². The number of esters is 1. The molecule has 1 heterocycles. The number of halogens is 1. The maximum atomic E-state index is 13.3. The maximum Gasteiger partial charge on any atom is 0.335 e. The van der Waals surface area contributed by atoms with Crippen molar-refractivity contribution in [1.29, 1.82) is 0 Å². The Morgan fingerprint density at radius 2 is 1.78 bits per heavy atom. The number of ether oxygens (including phenoxy) is 2. The minimum absolute atomic E-state index is 0.121. The average molecular weight is 432 g/mol. The highest BCUT2D eigenvalue weighted by molar-refractivity contribution is 5.78. The van der Waals surface area contributed by atoms with Crippen LogP contribution < -0.4 is 0 Å². The van der Waals surface area contributed by atoms with Gasteiger partial charge in [0.05, 0.1) is 13.2 Å². The predicted molar refractivity (Wildman–Crippen MR) is 121 cm³/mol. The molecule has 4 nitrogen and oxygen atoms in total. The number of hydrogen-bond acceptors (Lipinski definition) is 4. The number of aliphatic hydroxyl groups is 1. The smallest absolute Gasteiger partial charge is 0.335 e. The molecule has 0 saturated heterocycles. The molecule has 32 heavy (non-hydrogen) atoms. The van der Waals surface area contributed by atoms with Gasteiger partial charge < -0.3 is 14.6 Å². The fourth-order valence-electron chi connectivity index (χ4n) is 3.76. The SMILES string of the molecule is O=C(OCc1ccccc1)[C@H](O)Cc1ccc(-c2ccc(F)cc2)cc1C1=CCOCC1. The fourth-order valence-corrected chi connectivity index (χ4v) is 3.76. The molecule has 0 aliphatic carbocycles. The zero-order valence-corrected chi connectivity index (χ0v) is 17.7. The molecule has 0 fully saturated rings. The van der Waals surface area contributed by atoms with Gasteiger partial charge in [-0.3, -0.25) is 0 Å². The average Bonchev–Trinajstić information content (AvgIpc) is 2.84. The second-order valence-electron chi connectivity index (χ2n) is 7.75. The van der Waals surface area contributed by atoms with E-state index in [9.17, 15) is 14.3 Å². The van der Waals surface area contributed by atoms with Crippen molar-refractivity contribution in [3.05, 3.63) is 101 Å². The molecule has 0 saturated carbocycles. The Morgan fingerprint density at radius 1 is 1.03 bits per heavy atom. The first-order valence-electron chi connectivity index (χ1n) is 10.6. The summed E-state index contributed by atoms with van der Waals surface area (Å²) < 4.78 is 24.1. The van der Waals surface area contributed by atoms with Crippen LogP contribution in [0, 0.1) is 5.82 Å². The fraction of sp³-hybridized carbons (Fsp3) is 0.222. The Hall–Kier alpha value is -3.28. The normalized spacial score (nSPS) is 14.5. The first-order valence-corrected chi connectivity index (χ1v) is 10.6. The molecule has 1 atom stereocenters. The largest absolute Gasteiger partial charge is 0.459 e. The molecule has 5 heteroatoms. The van der Waals surface area contributed by atoms with Crippen molar-refractivity contribution < 1.29 is 23.8 Å². The molecule has 1 aliphatic rings. The Kier molecular flexibility index (Phi) is 7.10. The molecular weight excluding hydrogens is 407 g/mol. The molecule has 0 unspecified atom stereocenters. The van der Waals surface area contributed by atoms with Crippen molar-refractivity contribution in [2.24, 2.45) is 0 Å². The van der Waals surface area contributed by atoms with Crippen LogP contribution in [-0.2, 0) is 27.3 Å². The molecular formula is C27H25FO4. The lowest BCUT2D eigenvalue weighted by molar-refractivity contribution is -0.154. The third-order valence-electron chi connectivity index (χ3n) is 5.51. The third kappa shape index (κ3) is 5.49. The maximum absolute atomic E-state index is 13.3. The number of benzene rings is 3. The number of hydrogen-bond donors (Lipinski definition) is 1. The lowest BCUT2D eigenvalue weighted by atomic mass is 9.90. The van der Waals surface area contributed by atoms with Gasteiger partial charge in [-0.1, -0.05) is 60.7 Å². The summed E-state index contributed by atoms with van der Waals surface area (Å²) in [5.74, 6) is -0.932. The molecule has 0 bridgehead atoms. The second-order valence-corrected chi connectivity index (χ2v) is 7.75. The summed E-state index contributed by atoms with van der Waals surface area (Å²) in [6.45, 7) is 1.26. The van der Waals surface area contributed by atoms with Gasteiger partial charge in [-0.05, 0) is 58.0 Å². The van der Waals surface area contributed by atoms with Gasteiger partial charge in [0, 0.05) is 6.42 Å². The highest BCUT2D eigenvalue weighted by Crippen LogP contribution is 2.31. The Labute approximate surface area is 186 Å². The summed E-state index contributed by atoms with van der Waals surface area (Å²) in [7, 11) is 0. The summed E-state index contributed by atoms with van der Waals surface area (Å²) >= 11 is 0. The van der Waals surface area contributed by atoms with Crippen LogP contribution in [0.4, 0.5) is 4.39 Å². The monoisotopic (exact) mass is 432 g/mol. The molecule has 1 N–H and O–H groups in total.